The highest BCUT2D eigenvalue weighted by atomic mass is 15.2. The molecule has 1 aliphatic heterocycles. The molecule has 0 aliphatic carbocycles. The van der Waals surface area contributed by atoms with Crippen molar-refractivity contribution in [3.63, 3.8) is 0 Å². The topological polar surface area (TPSA) is 7.12 Å². The molecule has 16 heavy (non-hydrogen) atoms. The van der Waals surface area contributed by atoms with Crippen LogP contribution in [0.2, 0.25) is 0 Å². The van der Waals surface area contributed by atoms with Gasteiger partial charge in [-0.2, -0.15) is 6.07 Å². The number of anilines is 1. The van der Waals surface area contributed by atoms with Crippen LogP contribution in [0.5, 0.6) is 0 Å². The van der Waals surface area contributed by atoms with Crippen LogP contribution in [0.25, 0.3) is 0 Å². The number of aromatic nitrogens is 1. The molecule has 0 bridgehead atoms. The Balaban J connectivity index is 2.07. The van der Waals surface area contributed by atoms with Crippen molar-refractivity contribution in [1.82, 2.24) is 0 Å². The van der Waals surface area contributed by atoms with Gasteiger partial charge in [-0.3, -0.25) is 0 Å². The zero-order valence-corrected chi connectivity index (χ0v) is 9.30. The summed E-state index contributed by atoms with van der Waals surface area (Å²) >= 11 is 0. The van der Waals surface area contributed by atoms with Gasteiger partial charge in [-0.15, -0.1) is 12.1 Å². The molecule has 0 amide bonds. The van der Waals surface area contributed by atoms with E-state index in [1.165, 1.54) is 11.3 Å². The van der Waals surface area contributed by atoms with Gasteiger partial charge in [0.15, 0.2) is 6.04 Å². The first-order valence-corrected chi connectivity index (χ1v) is 5.54. The number of para-hydroxylation sites is 1. The summed E-state index contributed by atoms with van der Waals surface area (Å²) < 4.78 is 2.16. The van der Waals surface area contributed by atoms with Gasteiger partial charge in [0.1, 0.15) is 6.20 Å². The smallest absolute Gasteiger partial charge is 0.180 e. The lowest BCUT2D eigenvalue weighted by Crippen LogP contribution is -2.41. The number of rotatable bonds is 1. The minimum absolute atomic E-state index is 0.391. The predicted octanol–water partition coefficient (Wildman–Crippen LogP) is 1.81. The van der Waals surface area contributed by atoms with Crippen molar-refractivity contribution in [2.75, 3.05) is 18.5 Å². The van der Waals surface area contributed by atoms with Crippen LogP contribution in [0.15, 0.2) is 48.7 Å². The summed E-state index contributed by atoms with van der Waals surface area (Å²) in [4.78, 5) is 2.30. The fraction of sp³-hybridized carbons (Fsp3) is 0.214. The highest BCUT2D eigenvalue weighted by Gasteiger charge is 2.30. The Hall–Kier alpha value is -1.83. The number of likely N-dealkylation sites (N-methyl/N-ethyl adjacent to an activating group) is 1. The van der Waals surface area contributed by atoms with Crippen molar-refractivity contribution in [2.45, 2.75) is 6.04 Å². The fourth-order valence-corrected chi connectivity index (χ4v) is 2.37. The molecule has 1 atom stereocenters. The minimum atomic E-state index is 0.391. The predicted molar refractivity (Wildman–Crippen MR) is 63.3 cm³/mol. The van der Waals surface area contributed by atoms with E-state index < -0.39 is 0 Å². The normalized spacial score (nSPS) is 18.6. The SMILES string of the molecule is CN1CC([n+]2[c-]cccc2)c2ccccc21. The lowest BCUT2D eigenvalue weighted by atomic mass is 10.1. The molecule has 2 aromatic rings. The first-order valence-electron chi connectivity index (χ1n) is 5.54. The zero-order chi connectivity index (χ0) is 11.0. The second-order valence-electron chi connectivity index (χ2n) is 4.19. The Labute approximate surface area is 95.8 Å². The van der Waals surface area contributed by atoms with Gasteiger partial charge in [0.2, 0.25) is 0 Å². The molecule has 2 heteroatoms. The minimum Gasteiger partial charge on any atom is -0.367 e. The molecular weight excluding hydrogens is 196 g/mol. The van der Waals surface area contributed by atoms with E-state index in [1.807, 2.05) is 12.1 Å². The average Bonchev–Trinajstić information content (AvgIpc) is 2.69. The highest BCUT2D eigenvalue weighted by Crippen LogP contribution is 2.32. The van der Waals surface area contributed by atoms with Gasteiger partial charge in [-0.25, -0.2) is 0 Å². The molecule has 2 heterocycles. The molecule has 1 aromatic heterocycles. The van der Waals surface area contributed by atoms with Crippen LogP contribution < -0.4 is 9.47 Å². The van der Waals surface area contributed by atoms with Crippen LogP contribution in [-0.4, -0.2) is 13.6 Å². The van der Waals surface area contributed by atoms with E-state index >= 15 is 0 Å². The average molecular weight is 210 g/mol. The third-order valence-corrected chi connectivity index (χ3v) is 3.17. The maximum Gasteiger partial charge on any atom is 0.180 e. The van der Waals surface area contributed by atoms with Crippen LogP contribution >= 0.6 is 0 Å². The molecule has 0 N–H and O–H groups in total. The van der Waals surface area contributed by atoms with Gasteiger partial charge in [0.05, 0.1) is 12.7 Å². The molecular formula is C14H14N2. The number of hydrogen-bond acceptors (Lipinski definition) is 1. The third-order valence-electron chi connectivity index (χ3n) is 3.17. The van der Waals surface area contributed by atoms with E-state index in [0.717, 1.165) is 6.54 Å². The monoisotopic (exact) mass is 210 g/mol. The number of benzene rings is 1. The van der Waals surface area contributed by atoms with Crippen LogP contribution in [0.4, 0.5) is 5.69 Å². The fourth-order valence-electron chi connectivity index (χ4n) is 2.37. The van der Waals surface area contributed by atoms with Gasteiger partial charge < -0.3 is 9.47 Å². The van der Waals surface area contributed by atoms with Gasteiger partial charge in [0.25, 0.3) is 0 Å². The first-order chi connectivity index (χ1) is 7.86. The maximum absolute atomic E-state index is 3.26. The Morgan fingerprint density at radius 2 is 2.12 bits per heavy atom. The summed E-state index contributed by atoms with van der Waals surface area (Å²) in [5.74, 6) is 0. The lowest BCUT2D eigenvalue weighted by molar-refractivity contribution is -0.714. The molecule has 1 aromatic carbocycles. The molecule has 0 saturated carbocycles. The van der Waals surface area contributed by atoms with E-state index in [-0.39, 0.29) is 0 Å². The summed E-state index contributed by atoms with van der Waals surface area (Å²) in [6.45, 7) is 1.02. The van der Waals surface area contributed by atoms with Crippen molar-refractivity contribution < 1.29 is 4.57 Å². The van der Waals surface area contributed by atoms with Crippen molar-refractivity contribution >= 4 is 5.69 Å². The van der Waals surface area contributed by atoms with Crippen molar-refractivity contribution in [2.24, 2.45) is 0 Å². The number of pyridine rings is 1. The highest BCUT2D eigenvalue weighted by molar-refractivity contribution is 5.58. The van der Waals surface area contributed by atoms with Gasteiger partial charge >= 0.3 is 0 Å². The lowest BCUT2D eigenvalue weighted by Gasteiger charge is -2.11. The summed E-state index contributed by atoms with van der Waals surface area (Å²) in [5, 5.41) is 0. The van der Waals surface area contributed by atoms with E-state index in [9.17, 15) is 0 Å². The Bertz CT molecular complexity index is 493. The van der Waals surface area contributed by atoms with Crippen LogP contribution in [0, 0.1) is 6.20 Å². The first kappa shape index (κ1) is 9.40. The van der Waals surface area contributed by atoms with Crippen LogP contribution in [0.1, 0.15) is 11.6 Å². The molecule has 2 nitrogen and oxygen atoms in total. The molecule has 1 unspecified atom stereocenters. The summed E-state index contributed by atoms with van der Waals surface area (Å²) in [6, 6.07) is 15.0. The Morgan fingerprint density at radius 1 is 1.25 bits per heavy atom. The molecule has 1 aliphatic rings. The Kier molecular flexibility index (Phi) is 2.13. The van der Waals surface area contributed by atoms with E-state index in [4.69, 9.17) is 0 Å². The molecule has 3 rings (SSSR count). The second kappa shape index (κ2) is 3.63. The van der Waals surface area contributed by atoms with Gasteiger partial charge in [0, 0.05) is 18.3 Å². The van der Waals surface area contributed by atoms with Crippen LogP contribution in [-0.2, 0) is 0 Å². The molecule has 80 valence electrons. The summed E-state index contributed by atoms with van der Waals surface area (Å²) in [5.41, 5.74) is 2.72. The van der Waals surface area contributed by atoms with Crippen molar-refractivity contribution in [3.05, 3.63) is 60.4 Å². The molecule has 0 saturated heterocycles. The van der Waals surface area contributed by atoms with Gasteiger partial charge in [-0.1, -0.05) is 18.2 Å². The summed E-state index contributed by atoms with van der Waals surface area (Å²) in [7, 11) is 2.14. The van der Waals surface area contributed by atoms with Crippen molar-refractivity contribution in [1.29, 1.82) is 0 Å². The second-order valence-corrected chi connectivity index (χ2v) is 4.19. The quantitative estimate of drug-likeness (QED) is 0.514. The third kappa shape index (κ3) is 1.38. The number of hydrogen-bond donors (Lipinski definition) is 0. The Morgan fingerprint density at radius 3 is 2.94 bits per heavy atom. The molecule has 0 spiro atoms. The summed E-state index contributed by atoms with van der Waals surface area (Å²) in [6.07, 6.45) is 5.35. The van der Waals surface area contributed by atoms with E-state index in [1.54, 1.807) is 0 Å². The van der Waals surface area contributed by atoms with E-state index in [0.29, 0.717) is 6.04 Å². The molecule has 0 radical (unpaired) electrons. The number of nitrogens with zero attached hydrogens (tertiary/aromatic N) is 2. The largest absolute Gasteiger partial charge is 0.367 e. The maximum atomic E-state index is 3.26. The standard InChI is InChI=1S/C14H14N2/c1-15-11-14(16-9-5-2-6-10-16)12-7-3-4-8-13(12)15/h2-9,14H,11H2,1H3. The molecule has 0 fully saturated rings. The zero-order valence-electron chi connectivity index (χ0n) is 9.30. The van der Waals surface area contributed by atoms with Crippen LogP contribution in [0.3, 0.4) is 0 Å². The van der Waals surface area contributed by atoms with E-state index in [2.05, 4.69) is 59.2 Å². The number of fused-ring (bicyclic) bond motifs is 1. The van der Waals surface area contributed by atoms with Crippen molar-refractivity contribution in [3.8, 4) is 0 Å². The van der Waals surface area contributed by atoms with Gasteiger partial charge in [-0.05, 0) is 6.07 Å².